The molecule has 1 fully saturated rings. The number of aliphatic imine (C=N–C) groups is 2. The first-order chi connectivity index (χ1) is 21.5. The molecule has 1 aliphatic carbocycles. The van der Waals surface area contributed by atoms with Gasteiger partial charge in [-0.2, -0.15) is 0 Å². The summed E-state index contributed by atoms with van der Waals surface area (Å²) < 4.78 is 0. The zero-order valence-corrected chi connectivity index (χ0v) is 31.0. The van der Waals surface area contributed by atoms with Crippen molar-refractivity contribution in [2.24, 2.45) is 9.98 Å². The molecular formula is C38H56CoN2O6. The number of carboxylic acid groups (broad SMARTS) is 2. The Labute approximate surface area is 293 Å². The Morgan fingerprint density at radius 3 is 1.21 bits per heavy atom. The largest absolute Gasteiger partial charge is 2.00 e. The average Bonchev–Trinajstić information content (AvgIpc) is 2.98. The molecule has 2 atom stereocenters. The Bertz CT molecular complexity index is 1220. The van der Waals surface area contributed by atoms with Gasteiger partial charge in [-0.3, -0.25) is 9.98 Å². The van der Waals surface area contributed by atoms with Crippen molar-refractivity contribution in [3.05, 3.63) is 57.6 Å². The van der Waals surface area contributed by atoms with Gasteiger partial charge >= 0.3 is 16.8 Å². The normalized spacial score (nSPS) is 17.4. The van der Waals surface area contributed by atoms with E-state index in [4.69, 9.17) is 29.8 Å². The third-order valence-electron chi connectivity index (χ3n) is 8.50. The number of rotatable bonds is 10. The number of aliphatic carboxylic acids is 2. The maximum absolute atomic E-state index is 10.9. The van der Waals surface area contributed by atoms with Crippen LogP contribution < -0.4 is 10.2 Å². The van der Waals surface area contributed by atoms with Crippen LogP contribution >= 0.6 is 0 Å². The number of carboxylic acids is 2. The maximum atomic E-state index is 10.9. The Morgan fingerprint density at radius 1 is 0.702 bits per heavy atom. The summed E-state index contributed by atoms with van der Waals surface area (Å²) in [5.74, 6) is 0.0114. The van der Waals surface area contributed by atoms with E-state index in [1.165, 1.54) is 11.1 Å². The van der Waals surface area contributed by atoms with Crippen molar-refractivity contribution < 1.29 is 46.8 Å². The number of benzene rings is 2. The van der Waals surface area contributed by atoms with Crippen LogP contribution in [-0.4, -0.2) is 46.7 Å². The van der Waals surface area contributed by atoms with E-state index >= 15 is 0 Å². The molecule has 0 aromatic heterocycles. The van der Waals surface area contributed by atoms with Crippen molar-refractivity contribution in [3.63, 3.8) is 0 Å². The monoisotopic (exact) mass is 695 g/mol. The van der Waals surface area contributed by atoms with Crippen LogP contribution in [0.4, 0.5) is 0 Å². The summed E-state index contributed by atoms with van der Waals surface area (Å²) in [7, 11) is 0. The Morgan fingerprint density at radius 2 is 0.979 bits per heavy atom. The van der Waals surface area contributed by atoms with Crippen LogP contribution in [0.5, 0.6) is 11.5 Å². The standard InChI is InChI=1S/C34H50N2O2.2C2H4O2.Co/c1-9-23(7)25-15-27(33(37)31(17-25)21(3)4)19-35-29-11-13-30(14-12-29)36-20-28-16-26(24(8)10-2)18-32(22(5)6)34(28)38;2*1-2(3)4;/h15-24,29-30,37-38H,9-14H2,1-8H3;2*1H3,(H,3,4);/q;;;+2/p-2. The molecule has 2 aromatic carbocycles. The van der Waals surface area contributed by atoms with Crippen molar-refractivity contribution in [3.8, 4) is 11.5 Å². The van der Waals surface area contributed by atoms with Gasteiger partial charge in [-0.15, -0.1) is 0 Å². The summed E-state index contributed by atoms with van der Waals surface area (Å²) in [5.41, 5.74) is 6.23. The Hall–Kier alpha value is -3.17. The van der Waals surface area contributed by atoms with Crippen molar-refractivity contribution in [1.29, 1.82) is 0 Å². The van der Waals surface area contributed by atoms with Crippen LogP contribution in [0, 0.1) is 0 Å². The minimum absolute atomic E-state index is 0. The first-order valence-electron chi connectivity index (χ1n) is 16.7. The van der Waals surface area contributed by atoms with E-state index in [-0.39, 0.29) is 40.7 Å². The molecule has 9 heteroatoms. The van der Waals surface area contributed by atoms with Gasteiger partial charge < -0.3 is 30.0 Å². The van der Waals surface area contributed by atoms with Gasteiger partial charge in [0.1, 0.15) is 11.5 Å². The van der Waals surface area contributed by atoms with Gasteiger partial charge in [0.05, 0.1) is 12.1 Å². The van der Waals surface area contributed by atoms with E-state index in [1.54, 1.807) is 0 Å². The van der Waals surface area contributed by atoms with Crippen LogP contribution in [0.3, 0.4) is 0 Å². The summed E-state index contributed by atoms with van der Waals surface area (Å²) in [5, 5.41) is 39.6. The van der Waals surface area contributed by atoms with Gasteiger partial charge in [0.25, 0.3) is 0 Å². The molecule has 2 unspecified atom stereocenters. The zero-order valence-electron chi connectivity index (χ0n) is 29.9. The fourth-order valence-electron chi connectivity index (χ4n) is 5.25. The summed E-state index contributed by atoms with van der Waals surface area (Å²) in [6.07, 6.45) is 9.87. The zero-order chi connectivity index (χ0) is 35.1. The minimum Gasteiger partial charge on any atom is -0.550 e. The molecule has 0 amide bonds. The predicted molar refractivity (Wildman–Crippen MR) is 184 cm³/mol. The third kappa shape index (κ3) is 15.1. The number of carbonyl (C=O) groups is 2. The summed E-state index contributed by atoms with van der Waals surface area (Å²) in [6, 6.07) is 9.06. The first kappa shape index (κ1) is 43.8. The average molecular weight is 696 g/mol. The molecule has 0 aliphatic heterocycles. The third-order valence-corrected chi connectivity index (χ3v) is 8.50. The van der Waals surface area contributed by atoms with E-state index in [0.717, 1.165) is 74.6 Å². The van der Waals surface area contributed by atoms with Crippen LogP contribution in [-0.2, 0) is 26.4 Å². The summed E-state index contributed by atoms with van der Waals surface area (Å²) in [4.78, 5) is 27.6. The number of aromatic hydroxyl groups is 2. The SMILES string of the molecule is CC(=O)[O-].CC(=O)[O-].CCC(C)c1cc(C=NC2CCC(N=Cc3cc(C(C)CC)cc(C(C)C)c3O)CC2)c(O)c(C(C)C)c1.[Co+2]. The molecule has 263 valence electrons. The smallest absolute Gasteiger partial charge is 0.550 e. The van der Waals surface area contributed by atoms with Gasteiger partial charge in [-0.1, -0.05) is 67.5 Å². The molecule has 2 N–H and O–H groups in total. The molecule has 47 heavy (non-hydrogen) atoms. The molecular weight excluding hydrogens is 639 g/mol. The molecule has 1 saturated carbocycles. The number of nitrogens with zero attached hydrogens (tertiary/aromatic N) is 2. The summed E-state index contributed by atoms with van der Waals surface area (Å²) >= 11 is 0. The number of carbonyl (C=O) groups excluding carboxylic acids is 2. The second kappa shape index (κ2) is 21.7. The van der Waals surface area contributed by atoms with Crippen molar-refractivity contribution >= 4 is 24.4 Å². The second-order valence-corrected chi connectivity index (χ2v) is 13.0. The molecule has 8 nitrogen and oxygen atoms in total. The fourth-order valence-corrected chi connectivity index (χ4v) is 5.25. The summed E-state index contributed by atoms with van der Waals surface area (Å²) in [6.45, 7) is 19.3. The van der Waals surface area contributed by atoms with Crippen LogP contribution in [0.15, 0.2) is 34.3 Å². The minimum atomic E-state index is -1.08. The number of hydrogen-bond donors (Lipinski definition) is 2. The molecule has 0 bridgehead atoms. The van der Waals surface area contributed by atoms with E-state index in [1.807, 2.05) is 12.4 Å². The number of phenols is 2. The second-order valence-electron chi connectivity index (χ2n) is 13.0. The number of phenolic OH excluding ortho intramolecular Hbond substituents is 2. The van der Waals surface area contributed by atoms with Gasteiger partial charge in [-0.25, -0.2) is 0 Å². The quantitative estimate of drug-likeness (QED) is 0.264. The molecule has 0 spiro atoms. The van der Waals surface area contributed by atoms with E-state index in [0.29, 0.717) is 23.3 Å². The fraction of sp³-hybridized carbons (Fsp3) is 0.579. The van der Waals surface area contributed by atoms with Gasteiger partial charge in [-0.05, 0) is 110 Å². The van der Waals surface area contributed by atoms with Crippen molar-refractivity contribution in [1.82, 2.24) is 0 Å². The maximum Gasteiger partial charge on any atom is 2.00 e. The van der Waals surface area contributed by atoms with Gasteiger partial charge in [0.2, 0.25) is 0 Å². The molecule has 2 aromatic rings. The van der Waals surface area contributed by atoms with Crippen LogP contribution in [0.1, 0.15) is 165 Å². The van der Waals surface area contributed by atoms with Crippen molar-refractivity contribution in [2.45, 2.75) is 144 Å². The van der Waals surface area contributed by atoms with E-state index in [9.17, 15) is 10.2 Å². The van der Waals surface area contributed by atoms with Gasteiger partial charge in [0.15, 0.2) is 0 Å². The van der Waals surface area contributed by atoms with E-state index in [2.05, 4.69) is 79.7 Å². The van der Waals surface area contributed by atoms with E-state index < -0.39 is 11.9 Å². The Kier molecular flexibility index (Phi) is 20.2. The predicted octanol–water partition coefficient (Wildman–Crippen LogP) is 6.73. The molecule has 1 aliphatic rings. The van der Waals surface area contributed by atoms with Gasteiger partial charge in [0, 0.05) is 35.5 Å². The van der Waals surface area contributed by atoms with Crippen LogP contribution in [0.25, 0.3) is 0 Å². The Balaban J connectivity index is 0.00000211. The first-order valence-corrected chi connectivity index (χ1v) is 16.7. The van der Waals surface area contributed by atoms with Crippen LogP contribution in [0.2, 0.25) is 0 Å². The molecule has 1 radical (unpaired) electrons. The molecule has 0 saturated heterocycles. The number of hydrogen-bond acceptors (Lipinski definition) is 8. The topological polar surface area (TPSA) is 145 Å². The van der Waals surface area contributed by atoms with Crippen molar-refractivity contribution in [2.75, 3.05) is 0 Å². The molecule has 3 rings (SSSR count). The molecule has 0 heterocycles.